The van der Waals surface area contributed by atoms with Gasteiger partial charge in [0.2, 0.25) is 0 Å². The number of likely N-dealkylation sites (N-methyl/N-ethyl adjacent to an activating group) is 1. The van der Waals surface area contributed by atoms with Gasteiger partial charge in [-0.25, -0.2) is 0 Å². The summed E-state index contributed by atoms with van der Waals surface area (Å²) in [6.07, 6.45) is 1.71. The monoisotopic (exact) mass is 329 g/mol. The van der Waals surface area contributed by atoms with Gasteiger partial charge in [-0.3, -0.25) is 0 Å². The van der Waals surface area contributed by atoms with E-state index in [0.29, 0.717) is 18.0 Å². The molecule has 0 radical (unpaired) electrons. The Bertz CT molecular complexity index is 466. The van der Waals surface area contributed by atoms with Gasteiger partial charge in [-0.2, -0.15) is 0 Å². The van der Waals surface area contributed by atoms with Crippen LogP contribution < -0.4 is 9.47 Å². The van der Waals surface area contributed by atoms with Crippen LogP contribution in [0.25, 0.3) is 0 Å². The molecule has 1 unspecified atom stereocenters. The van der Waals surface area contributed by atoms with Crippen LogP contribution in [0.5, 0.6) is 11.5 Å². The van der Waals surface area contributed by atoms with E-state index in [2.05, 4.69) is 20.8 Å². The second kappa shape index (κ2) is 5.69. The number of ether oxygens (including phenoxy) is 2. The van der Waals surface area contributed by atoms with E-state index < -0.39 is 5.60 Å². The predicted molar refractivity (Wildman–Crippen MR) is 77.9 cm³/mol. The van der Waals surface area contributed by atoms with Crippen LogP contribution in [0.3, 0.4) is 0 Å². The van der Waals surface area contributed by atoms with E-state index in [1.165, 1.54) is 0 Å². The average Bonchev–Trinajstić information content (AvgIpc) is 2.38. The molecule has 0 aliphatic carbocycles. The number of hydrogen-bond acceptors (Lipinski definition) is 4. The maximum absolute atomic E-state index is 10.9. The Balaban J connectivity index is 2.46. The lowest BCUT2D eigenvalue weighted by Gasteiger charge is -2.38. The Morgan fingerprint density at radius 1 is 1.32 bits per heavy atom. The quantitative estimate of drug-likeness (QED) is 0.924. The Morgan fingerprint density at radius 3 is 2.63 bits per heavy atom. The minimum Gasteiger partial charge on any atom is -0.495 e. The number of halogens is 1. The summed E-state index contributed by atoms with van der Waals surface area (Å²) in [4.78, 5) is 2.14. The summed E-state index contributed by atoms with van der Waals surface area (Å²) in [5.74, 6) is 1.35. The second-order valence-electron chi connectivity index (χ2n) is 5.04. The van der Waals surface area contributed by atoms with Gasteiger partial charge >= 0.3 is 0 Å². The first kappa shape index (κ1) is 14.6. The molecule has 0 spiro atoms. The lowest BCUT2D eigenvalue weighted by molar-refractivity contribution is -0.0294. The zero-order valence-corrected chi connectivity index (χ0v) is 13.2. The van der Waals surface area contributed by atoms with Crippen molar-refractivity contribution in [3.63, 3.8) is 0 Å². The Labute approximate surface area is 122 Å². The first-order valence-electron chi connectivity index (χ1n) is 6.33. The van der Waals surface area contributed by atoms with E-state index in [9.17, 15) is 5.11 Å². The summed E-state index contributed by atoms with van der Waals surface area (Å²) < 4.78 is 11.5. The maximum atomic E-state index is 10.9. The van der Waals surface area contributed by atoms with Crippen molar-refractivity contribution < 1.29 is 14.6 Å². The Hall–Kier alpha value is -0.780. The van der Waals surface area contributed by atoms with Gasteiger partial charge in [0.1, 0.15) is 21.6 Å². The van der Waals surface area contributed by atoms with Gasteiger partial charge in [-0.15, -0.1) is 0 Å². The van der Waals surface area contributed by atoms with Crippen molar-refractivity contribution in [1.82, 2.24) is 4.90 Å². The number of aliphatic hydroxyl groups is 1. The fourth-order valence-corrected chi connectivity index (χ4v) is 3.40. The number of hydrogen-bond donors (Lipinski definition) is 1. The molecule has 106 valence electrons. The topological polar surface area (TPSA) is 41.9 Å². The van der Waals surface area contributed by atoms with Crippen molar-refractivity contribution in [3.05, 3.63) is 22.2 Å². The second-order valence-corrected chi connectivity index (χ2v) is 5.83. The minimum atomic E-state index is -0.868. The normalized spacial score (nSPS) is 24.3. The SMILES string of the molecule is COc1ccc(C2(O)CCCN(C)C2)c(OC)c1Br. The Kier molecular flexibility index (Phi) is 4.38. The van der Waals surface area contributed by atoms with E-state index in [1.807, 2.05) is 19.2 Å². The third kappa shape index (κ3) is 2.73. The number of nitrogens with zero attached hydrogens (tertiary/aromatic N) is 1. The van der Waals surface area contributed by atoms with Crippen LogP contribution in [0.4, 0.5) is 0 Å². The van der Waals surface area contributed by atoms with Crippen molar-refractivity contribution in [2.45, 2.75) is 18.4 Å². The fourth-order valence-electron chi connectivity index (χ4n) is 2.73. The van der Waals surface area contributed by atoms with Crippen LogP contribution in [-0.2, 0) is 5.60 Å². The molecular weight excluding hydrogens is 310 g/mol. The minimum absolute atomic E-state index is 0.613. The largest absolute Gasteiger partial charge is 0.495 e. The van der Waals surface area contributed by atoms with E-state index in [1.54, 1.807) is 14.2 Å². The summed E-state index contributed by atoms with van der Waals surface area (Å²) in [5, 5.41) is 10.9. The zero-order valence-electron chi connectivity index (χ0n) is 11.6. The van der Waals surface area contributed by atoms with Crippen molar-refractivity contribution >= 4 is 15.9 Å². The van der Waals surface area contributed by atoms with Crippen LogP contribution in [0.2, 0.25) is 0 Å². The lowest BCUT2D eigenvalue weighted by Crippen LogP contribution is -2.44. The molecule has 1 fully saturated rings. The zero-order chi connectivity index (χ0) is 14.0. The van der Waals surface area contributed by atoms with E-state index in [4.69, 9.17) is 9.47 Å². The Morgan fingerprint density at radius 2 is 2.05 bits per heavy atom. The van der Waals surface area contributed by atoms with Crippen molar-refractivity contribution in [3.8, 4) is 11.5 Å². The molecule has 2 rings (SSSR count). The van der Waals surface area contributed by atoms with Gasteiger partial charge in [-0.05, 0) is 54.5 Å². The van der Waals surface area contributed by atoms with Gasteiger partial charge in [0.25, 0.3) is 0 Å². The summed E-state index contributed by atoms with van der Waals surface area (Å²) in [6, 6.07) is 3.75. The molecule has 0 amide bonds. The molecular formula is C14H20BrNO3. The summed E-state index contributed by atoms with van der Waals surface area (Å²) >= 11 is 3.48. The molecule has 1 aliphatic rings. The number of benzene rings is 1. The van der Waals surface area contributed by atoms with Gasteiger partial charge in [0, 0.05) is 12.1 Å². The number of piperidine rings is 1. The van der Waals surface area contributed by atoms with Crippen LogP contribution in [0.1, 0.15) is 18.4 Å². The number of likely N-dealkylation sites (tertiary alicyclic amines) is 1. The third-order valence-corrected chi connectivity index (χ3v) is 4.40. The van der Waals surface area contributed by atoms with E-state index >= 15 is 0 Å². The van der Waals surface area contributed by atoms with Crippen molar-refractivity contribution in [1.29, 1.82) is 0 Å². The van der Waals surface area contributed by atoms with Crippen LogP contribution in [0, 0.1) is 0 Å². The lowest BCUT2D eigenvalue weighted by atomic mass is 9.85. The number of β-amino-alcohol motifs (C(OH)–C–C–N with tert-alkyl or cyclic N) is 1. The molecule has 19 heavy (non-hydrogen) atoms. The van der Waals surface area contributed by atoms with Gasteiger partial charge in [-0.1, -0.05) is 0 Å². The van der Waals surface area contributed by atoms with Crippen molar-refractivity contribution in [2.24, 2.45) is 0 Å². The smallest absolute Gasteiger partial charge is 0.142 e. The molecule has 1 aromatic carbocycles. The van der Waals surface area contributed by atoms with Gasteiger partial charge in [0.15, 0.2) is 0 Å². The molecule has 5 heteroatoms. The molecule has 1 atom stereocenters. The highest BCUT2D eigenvalue weighted by molar-refractivity contribution is 9.10. The number of methoxy groups -OCH3 is 2. The molecule has 1 N–H and O–H groups in total. The van der Waals surface area contributed by atoms with E-state index in [-0.39, 0.29) is 0 Å². The van der Waals surface area contributed by atoms with Crippen LogP contribution in [-0.4, -0.2) is 44.4 Å². The number of rotatable bonds is 3. The summed E-state index contributed by atoms with van der Waals surface area (Å²) in [6.45, 7) is 1.63. The van der Waals surface area contributed by atoms with Gasteiger partial charge < -0.3 is 19.5 Å². The predicted octanol–water partition coefficient (Wildman–Crippen LogP) is 2.38. The molecule has 0 bridgehead atoms. The highest BCUT2D eigenvalue weighted by Crippen LogP contribution is 2.44. The highest BCUT2D eigenvalue weighted by Gasteiger charge is 2.37. The summed E-state index contributed by atoms with van der Waals surface area (Å²) in [5.41, 5.74) is -0.0538. The fraction of sp³-hybridized carbons (Fsp3) is 0.571. The molecule has 4 nitrogen and oxygen atoms in total. The molecule has 1 saturated heterocycles. The summed E-state index contributed by atoms with van der Waals surface area (Å²) in [7, 11) is 5.25. The van der Waals surface area contributed by atoms with Gasteiger partial charge in [0.05, 0.1) is 14.2 Å². The molecule has 1 heterocycles. The first-order chi connectivity index (χ1) is 9.01. The third-order valence-electron chi connectivity index (χ3n) is 3.65. The van der Waals surface area contributed by atoms with Crippen LogP contribution in [0.15, 0.2) is 16.6 Å². The maximum Gasteiger partial charge on any atom is 0.142 e. The molecule has 0 aromatic heterocycles. The first-order valence-corrected chi connectivity index (χ1v) is 7.13. The van der Waals surface area contributed by atoms with E-state index in [0.717, 1.165) is 29.4 Å². The molecule has 1 aromatic rings. The highest BCUT2D eigenvalue weighted by atomic mass is 79.9. The standard InChI is InChI=1S/C14H20BrNO3/c1-16-8-4-7-14(17,9-16)10-5-6-11(18-2)12(15)13(10)19-3/h5-6,17H,4,7-9H2,1-3H3. The van der Waals surface area contributed by atoms with Crippen LogP contribution >= 0.6 is 15.9 Å². The molecule has 1 aliphatic heterocycles. The molecule has 0 saturated carbocycles. The van der Waals surface area contributed by atoms with Crippen molar-refractivity contribution in [2.75, 3.05) is 34.4 Å². The average molecular weight is 330 g/mol.